The summed E-state index contributed by atoms with van der Waals surface area (Å²) in [5, 5.41) is 4.99. The Hall–Kier alpha value is -1.68. The van der Waals surface area contributed by atoms with Crippen molar-refractivity contribution in [2.24, 2.45) is 11.7 Å². The van der Waals surface area contributed by atoms with E-state index in [4.69, 9.17) is 5.73 Å². The van der Waals surface area contributed by atoms with Crippen molar-refractivity contribution < 1.29 is 0 Å². The van der Waals surface area contributed by atoms with Crippen molar-refractivity contribution in [3.63, 3.8) is 0 Å². The van der Waals surface area contributed by atoms with Gasteiger partial charge >= 0.3 is 0 Å². The SMILES string of the molecule is NC(Cn1ncc(=O)c2ccccc21)C1CCCCC1. The Labute approximate surface area is 118 Å². The molecule has 1 fully saturated rings. The normalized spacial score (nSPS) is 18.2. The van der Waals surface area contributed by atoms with Crippen molar-refractivity contribution in [3.05, 3.63) is 40.7 Å². The Balaban J connectivity index is 1.87. The molecule has 1 atom stereocenters. The molecule has 1 unspecified atom stereocenters. The monoisotopic (exact) mass is 271 g/mol. The van der Waals surface area contributed by atoms with Crippen LogP contribution in [0.1, 0.15) is 32.1 Å². The maximum absolute atomic E-state index is 11.8. The molecule has 4 heteroatoms. The van der Waals surface area contributed by atoms with E-state index in [9.17, 15) is 4.79 Å². The zero-order valence-corrected chi connectivity index (χ0v) is 11.7. The Morgan fingerprint density at radius 3 is 2.80 bits per heavy atom. The molecule has 1 aliphatic carbocycles. The fraction of sp³-hybridized carbons (Fsp3) is 0.500. The third-order valence-corrected chi connectivity index (χ3v) is 4.40. The van der Waals surface area contributed by atoms with E-state index >= 15 is 0 Å². The number of benzene rings is 1. The van der Waals surface area contributed by atoms with Gasteiger partial charge in [0, 0.05) is 11.4 Å². The molecule has 0 spiro atoms. The van der Waals surface area contributed by atoms with Crippen LogP contribution in [0.2, 0.25) is 0 Å². The molecule has 1 aliphatic rings. The van der Waals surface area contributed by atoms with E-state index < -0.39 is 0 Å². The van der Waals surface area contributed by atoms with Crippen molar-refractivity contribution in [2.75, 3.05) is 0 Å². The van der Waals surface area contributed by atoms with Crippen molar-refractivity contribution >= 4 is 10.9 Å². The number of aromatic nitrogens is 2. The first-order chi connectivity index (χ1) is 9.75. The van der Waals surface area contributed by atoms with Gasteiger partial charge in [0.2, 0.25) is 5.43 Å². The van der Waals surface area contributed by atoms with E-state index in [0.717, 1.165) is 10.9 Å². The van der Waals surface area contributed by atoms with Gasteiger partial charge in [-0.3, -0.25) is 9.48 Å². The van der Waals surface area contributed by atoms with Crippen LogP contribution in [0.5, 0.6) is 0 Å². The van der Waals surface area contributed by atoms with E-state index in [0.29, 0.717) is 12.5 Å². The standard InChI is InChI=1S/C16H21N3O/c17-14(12-6-2-1-3-7-12)11-19-15-9-5-4-8-13(15)16(20)10-18-19/h4-5,8-10,12,14H,1-3,6-7,11,17H2. The average Bonchev–Trinajstić information content (AvgIpc) is 2.51. The fourth-order valence-electron chi connectivity index (χ4n) is 3.22. The minimum absolute atomic E-state index is 0.0249. The molecule has 0 amide bonds. The van der Waals surface area contributed by atoms with Crippen LogP contribution < -0.4 is 11.2 Å². The van der Waals surface area contributed by atoms with Crippen molar-refractivity contribution in [1.82, 2.24) is 9.78 Å². The first-order valence-corrected chi connectivity index (χ1v) is 7.46. The molecule has 2 aromatic rings. The molecule has 3 rings (SSSR count). The van der Waals surface area contributed by atoms with Gasteiger partial charge in [-0.05, 0) is 30.9 Å². The van der Waals surface area contributed by atoms with Crippen molar-refractivity contribution in [1.29, 1.82) is 0 Å². The zero-order chi connectivity index (χ0) is 13.9. The Kier molecular flexibility index (Phi) is 3.83. The van der Waals surface area contributed by atoms with E-state index in [2.05, 4.69) is 5.10 Å². The zero-order valence-electron chi connectivity index (χ0n) is 11.7. The predicted molar refractivity (Wildman–Crippen MR) is 80.6 cm³/mol. The summed E-state index contributed by atoms with van der Waals surface area (Å²) in [6.45, 7) is 0.686. The smallest absolute Gasteiger partial charge is 0.207 e. The van der Waals surface area contributed by atoms with Gasteiger partial charge in [-0.2, -0.15) is 5.10 Å². The van der Waals surface area contributed by atoms with E-state index in [-0.39, 0.29) is 11.5 Å². The fourth-order valence-corrected chi connectivity index (χ4v) is 3.22. The molecule has 106 valence electrons. The minimum Gasteiger partial charge on any atom is -0.326 e. The highest BCUT2D eigenvalue weighted by atomic mass is 16.1. The number of rotatable bonds is 3. The molecule has 20 heavy (non-hydrogen) atoms. The first kappa shape index (κ1) is 13.3. The molecule has 1 heterocycles. The Morgan fingerprint density at radius 1 is 1.25 bits per heavy atom. The van der Waals surface area contributed by atoms with Gasteiger partial charge in [0.25, 0.3) is 0 Å². The second-order valence-corrected chi connectivity index (χ2v) is 5.77. The predicted octanol–water partition coefficient (Wildman–Crippen LogP) is 2.30. The van der Waals surface area contributed by atoms with Gasteiger partial charge in [-0.15, -0.1) is 0 Å². The number of hydrogen-bond acceptors (Lipinski definition) is 3. The first-order valence-electron chi connectivity index (χ1n) is 7.46. The lowest BCUT2D eigenvalue weighted by molar-refractivity contribution is 0.281. The van der Waals surface area contributed by atoms with Crippen LogP contribution in [-0.2, 0) is 6.54 Å². The summed E-state index contributed by atoms with van der Waals surface area (Å²) in [6.07, 6.45) is 7.75. The van der Waals surface area contributed by atoms with E-state index in [1.807, 2.05) is 28.9 Å². The van der Waals surface area contributed by atoms with Crippen molar-refractivity contribution in [2.45, 2.75) is 44.7 Å². The molecule has 0 aliphatic heterocycles. The second-order valence-electron chi connectivity index (χ2n) is 5.77. The highest BCUT2D eigenvalue weighted by molar-refractivity contribution is 5.77. The van der Waals surface area contributed by atoms with Gasteiger partial charge in [0.1, 0.15) is 0 Å². The van der Waals surface area contributed by atoms with Crippen LogP contribution in [0.4, 0.5) is 0 Å². The van der Waals surface area contributed by atoms with Crippen LogP contribution in [0.15, 0.2) is 35.3 Å². The van der Waals surface area contributed by atoms with Crippen LogP contribution in [-0.4, -0.2) is 15.8 Å². The van der Waals surface area contributed by atoms with Gasteiger partial charge < -0.3 is 5.73 Å². The van der Waals surface area contributed by atoms with Crippen LogP contribution in [0.3, 0.4) is 0 Å². The summed E-state index contributed by atoms with van der Waals surface area (Å²) in [5.74, 6) is 0.587. The third-order valence-electron chi connectivity index (χ3n) is 4.40. The molecule has 0 saturated heterocycles. The maximum Gasteiger partial charge on any atom is 0.207 e. The van der Waals surface area contributed by atoms with Crippen LogP contribution in [0, 0.1) is 5.92 Å². The van der Waals surface area contributed by atoms with Crippen LogP contribution in [0.25, 0.3) is 10.9 Å². The van der Waals surface area contributed by atoms with Gasteiger partial charge in [0.05, 0.1) is 18.3 Å². The lowest BCUT2D eigenvalue weighted by Crippen LogP contribution is -2.36. The molecule has 0 radical (unpaired) electrons. The summed E-state index contributed by atoms with van der Waals surface area (Å²) in [7, 11) is 0. The molecule has 1 aromatic heterocycles. The number of nitrogens with two attached hydrogens (primary N) is 1. The number of fused-ring (bicyclic) bond motifs is 1. The summed E-state index contributed by atoms with van der Waals surface area (Å²) < 4.78 is 1.88. The largest absolute Gasteiger partial charge is 0.326 e. The van der Waals surface area contributed by atoms with E-state index in [1.165, 1.54) is 38.3 Å². The van der Waals surface area contributed by atoms with Crippen molar-refractivity contribution in [3.8, 4) is 0 Å². The molecular weight excluding hydrogens is 250 g/mol. The number of nitrogens with zero attached hydrogens (tertiary/aromatic N) is 2. The summed E-state index contributed by atoms with van der Waals surface area (Å²) in [6, 6.07) is 7.73. The summed E-state index contributed by atoms with van der Waals surface area (Å²) in [5.41, 5.74) is 7.23. The highest BCUT2D eigenvalue weighted by Gasteiger charge is 2.21. The van der Waals surface area contributed by atoms with Gasteiger partial charge in [-0.1, -0.05) is 31.4 Å². The summed E-state index contributed by atoms with van der Waals surface area (Å²) >= 11 is 0. The lowest BCUT2D eigenvalue weighted by Gasteiger charge is -2.28. The Bertz CT molecular complexity index is 643. The van der Waals surface area contributed by atoms with Gasteiger partial charge in [-0.25, -0.2) is 0 Å². The molecule has 0 bridgehead atoms. The average molecular weight is 271 g/mol. The maximum atomic E-state index is 11.8. The highest BCUT2D eigenvalue weighted by Crippen LogP contribution is 2.26. The van der Waals surface area contributed by atoms with Crippen LogP contribution >= 0.6 is 0 Å². The van der Waals surface area contributed by atoms with E-state index in [1.54, 1.807) is 0 Å². The molecular formula is C16H21N3O. The molecule has 1 aromatic carbocycles. The third kappa shape index (κ3) is 2.61. The molecule has 2 N–H and O–H groups in total. The lowest BCUT2D eigenvalue weighted by atomic mass is 9.84. The minimum atomic E-state index is -0.0249. The summed E-state index contributed by atoms with van der Waals surface area (Å²) in [4.78, 5) is 11.8. The number of hydrogen-bond donors (Lipinski definition) is 1. The Morgan fingerprint density at radius 2 is 2.00 bits per heavy atom. The second kappa shape index (κ2) is 5.75. The molecule has 4 nitrogen and oxygen atoms in total. The van der Waals surface area contributed by atoms with Gasteiger partial charge in [0.15, 0.2) is 0 Å². The number of para-hydroxylation sites is 1. The topological polar surface area (TPSA) is 60.9 Å². The molecule has 1 saturated carbocycles. The quantitative estimate of drug-likeness (QED) is 0.931.